The van der Waals surface area contributed by atoms with Gasteiger partial charge < -0.3 is 10.1 Å². The molecule has 0 aromatic carbocycles. The molecule has 0 heterocycles. The van der Waals surface area contributed by atoms with Crippen LogP contribution in [-0.4, -0.2) is 36.2 Å². The van der Waals surface area contributed by atoms with Gasteiger partial charge in [-0.25, -0.2) is 0 Å². The molecule has 106 valence electrons. The molecule has 0 amide bonds. The lowest BCUT2D eigenvalue weighted by atomic mass is 9.81. The Morgan fingerprint density at radius 2 is 2.28 bits per heavy atom. The second-order valence-corrected chi connectivity index (χ2v) is 6.45. The Kier molecular flexibility index (Phi) is 7.08. The number of ether oxygens (including phenoxy) is 1. The number of unbranched alkanes of at least 4 members (excludes halogenated alkanes) is 1. The lowest BCUT2D eigenvalue weighted by Crippen LogP contribution is -2.56. The monoisotopic (exact) mass is 273 g/mol. The van der Waals surface area contributed by atoms with E-state index in [1.165, 1.54) is 32.1 Å². The summed E-state index contributed by atoms with van der Waals surface area (Å²) >= 11 is 2.03. The highest BCUT2D eigenvalue weighted by molar-refractivity contribution is 7.99. The first-order chi connectivity index (χ1) is 8.68. The number of methoxy groups -OCH3 is 1. The maximum absolute atomic E-state index is 12.1. The molecule has 1 rings (SSSR count). The Balaban J connectivity index is 2.58. The molecule has 0 bridgehead atoms. The second kappa shape index (κ2) is 8.05. The van der Waals surface area contributed by atoms with Crippen LogP contribution >= 0.6 is 11.8 Å². The summed E-state index contributed by atoms with van der Waals surface area (Å²) < 4.78 is 5.01. The third kappa shape index (κ3) is 4.16. The van der Waals surface area contributed by atoms with Gasteiger partial charge in [-0.1, -0.05) is 20.3 Å². The summed E-state index contributed by atoms with van der Waals surface area (Å²) in [7, 11) is 1.50. The van der Waals surface area contributed by atoms with Crippen molar-refractivity contribution in [1.82, 2.24) is 5.32 Å². The maximum Gasteiger partial charge on any atom is 0.326 e. The Morgan fingerprint density at radius 1 is 1.50 bits per heavy atom. The van der Waals surface area contributed by atoms with Gasteiger partial charge in [0.05, 0.1) is 7.11 Å². The van der Waals surface area contributed by atoms with Crippen LogP contribution in [0.3, 0.4) is 0 Å². The van der Waals surface area contributed by atoms with E-state index in [1.807, 2.05) is 11.8 Å². The van der Waals surface area contributed by atoms with Crippen molar-refractivity contribution in [2.75, 3.05) is 19.4 Å². The summed E-state index contributed by atoms with van der Waals surface area (Å²) in [5, 5.41) is 3.98. The van der Waals surface area contributed by atoms with Crippen molar-refractivity contribution < 1.29 is 9.53 Å². The van der Waals surface area contributed by atoms with Gasteiger partial charge in [-0.2, -0.15) is 11.8 Å². The van der Waals surface area contributed by atoms with Crippen LogP contribution in [0.5, 0.6) is 0 Å². The van der Waals surface area contributed by atoms with Gasteiger partial charge in [-0.3, -0.25) is 4.79 Å². The summed E-state index contributed by atoms with van der Waals surface area (Å²) in [5.41, 5.74) is -0.425. The van der Waals surface area contributed by atoms with Gasteiger partial charge >= 0.3 is 5.97 Å². The van der Waals surface area contributed by atoms with Crippen molar-refractivity contribution in [1.29, 1.82) is 0 Å². The van der Waals surface area contributed by atoms with Gasteiger partial charge in [0.15, 0.2) is 0 Å². The molecule has 1 fully saturated rings. The summed E-state index contributed by atoms with van der Waals surface area (Å²) in [6, 6.07) is 0. The maximum atomic E-state index is 12.1. The average molecular weight is 273 g/mol. The zero-order chi connectivity index (χ0) is 13.4. The van der Waals surface area contributed by atoms with Crippen molar-refractivity contribution >= 4 is 17.7 Å². The average Bonchev–Trinajstić information content (AvgIpc) is 2.39. The molecule has 1 aliphatic carbocycles. The zero-order valence-electron chi connectivity index (χ0n) is 12.0. The predicted octanol–water partition coefficient (Wildman–Crippen LogP) is 2.98. The van der Waals surface area contributed by atoms with E-state index in [-0.39, 0.29) is 5.97 Å². The molecule has 1 aliphatic rings. The summed E-state index contributed by atoms with van der Waals surface area (Å²) in [6.45, 7) is 5.10. The number of rotatable bonds is 7. The fraction of sp³-hybridized carbons (Fsp3) is 0.929. The zero-order valence-corrected chi connectivity index (χ0v) is 12.8. The molecule has 1 saturated carbocycles. The van der Waals surface area contributed by atoms with Crippen molar-refractivity contribution in [3.8, 4) is 0 Å². The first-order valence-electron chi connectivity index (χ1n) is 7.13. The minimum atomic E-state index is -0.425. The molecule has 18 heavy (non-hydrogen) atoms. The molecule has 1 N–H and O–H groups in total. The quantitative estimate of drug-likeness (QED) is 0.572. The SMILES string of the molecule is CCCCSC1CCCC(NCC)(C(=O)OC)C1. The topological polar surface area (TPSA) is 38.3 Å². The van der Waals surface area contributed by atoms with Crippen LogP contribution in [0.25, 0.3) is 0 Å². The number of carbonyl (C=O) groups excluding carboxylic acids is 1. The number of carbonyl (C=O) groups is 1. The first kappa shape index (κ1) is 15.8. The standard InChI is InChI=1S/C14H27NO2S/c1-4-6-10-18-12-8-7-9-14(11-12,15-5-2)13(16)17-3/h12,15H,4-11H2,1-3H3. The molecule has 0 saturated heterocycles. The molecule has 3 nitrogen and oxygen atoms in total. The lowest BCUT2D eigenvalue weighted by Gasteiger charge is -2.39. The van der Waals surface area contributed by atoms with Crippen molar-refractivity contribution in [3.63, 3.8) is 0 Å². The van der Waals surface area contributed by atoms with Crippen LogP contribution in [0.2, 0.25) is 0 Å². The highest BCUT2D eigenvalue weighted by Crippen LogP contribution is 2.36. The Hall–Kier alpha value is -0.220. The molecule has 2 unspecified atom stereocenters. The van der Waals surface area contributed by atoms with E-state index in [2.05, 4.69) is 19.2 Å². The highest BCUT2D eigenvalue weighted by atomic mass is 32.2. The van der Waals surface area contributed by atoms with Crippen molar-refractivity contribution in [3.05, 3.63) is 0 Å². The van der Waals surface area contributed by atoms with Crippen LogP contribution in [0.15, 0.2) is 0 Å². The molecule has 0 spiro atoms. The predicted molar refractivity (Wildman–Crippen MR) is 78.0 cm³/mol. The molecular weight excluding hydrogens is 246 g/mol. The fourth-order valence-electron chi connectivity index (χ4n) is 2.71. The van der Waals surface area contributed by atoms with E-state index >= 15 is 0 Å². The summed E-state index contributed by atoms with van der Waals surface area (Å²) in [4.78, 5) is 12.1. The fourth-order valence-corrected chi connectivity index (χ4v) is 4.24. The molecule has 0 radical (unpaired) electrons. The minimum absolute atomic E-state index is 0.0786. The van der Waals surface area contributed by atoms with Gasteiger partial charge in [0.2, 0.25) is 0 Å². The Morgan fingerprint density at radius 3 is 2.89 bits per heavy atom. The van der Waals surface area contributed by atoms with E-state index in [1.54, 1.807) is 0 Å². The van der Waals surface area contributed by atoms with Crippen LogP contribution in [0.1, 0.15) is 52.4 Å². The van der Waals surface area contributed by atoms with Crippen LogP contribution in [0, 0.1) is 0 Å². The number of thioether (sulfide) groups is 1. The smallest absolute Gasteiger partial charge is 0.326 e. The largest absolute Gasteiger partial charge is 0.468 e. The number of hydrogen-bond acceptors (Lipinski definition) is 4. The highest BCUT2D eigenvalue weighted by Gasteiger charge is 2.43. The minimum Gasteiger partial charge on any atom is -0.468 e. The molecule has 0 aliphatic heterocycles. The normalized spacial score (nSPS) is 28.1. The van der Waals surface area contributed by atoms with Gasteiger partial charge in [-0.05, 0) is 44.4 Å². The van der Waals surface area contributed by atoms with E-state index in [0.29, 0.717) is 5.25 Å². The molecule has 0 aromatic rings. The number of likely N-dealkylation sites (N-methyl/N-ethyl adjacent to an activating group) is 1. The van der Waals surface area contributed by atoms with E-state index in [0.717, 1.165) is 25.8 Å². The lowest BCUT2D eigenvalue weighted by molar-refractivity contribution is -0.150. The van der Waals surface area contributed by atoms with Crippen molar-refractivity contribution in [2.45, 2.75) is 63.2 Å². The Labute approximate surface area is 115 Å². The van der Waals surface area contributed by atoms with Gasteiger partial charge in [0.1, 0.15) is 5.54 Å². The van der Waals surface area contributed by atoms with E-state index in [9.17, 15) is 4.79 Å². The molecular formula is C14H27NO2S. The van der Waals surface area contributed by atoms with E-state index < -0.39 is 5.54 Å². The third-order valence-electron chi connectivity index (χ3n) is 3.65. The number of hydrogen-bond donors (Lipinski definition) is 1. The van der Waals surface area contributed by atoms with E-state index in [4.69, 9.17) is 4.74 Å². The summed E-state index contributed by atoms with van der Waals surface area (Å²) in [5.74, 6) is 1.13. The third-order valence-corrected chi connectivity index (χ3v) is 5.05. The van der Waals surface area contributed by atoms with Crippen molar-refractivity contribution in [2.24, 2.45) is 0 Å². The van der Waals surface area contributed by atoms with Gasteiger partial charge in [0.25, 0.3) is 0 Å². The Bertz CT molecular complexity index is 256. The molecule has 2 atom stereocenters. The number of nitrogens with one attached hydrogen (secondary N) is 1. The second-order valence-electron chi connectivity index (χ2n) is 5.05. The van der Waals surface area contributed by atoms with Crippen LogP contribution in [-0.2, 0) is 9.53 Å². The molecule has 0 aromatic heterocycles. The van der Waals surface area contributed by atoms with Gasteiger partial charge in [0, 0.05) is 5.25 Å². The first-order valence-corrected chi connectivity index (χ1v) is 8.18. The number of esters is 1. The molecule has 4 heteroatoms. The van der Waals surface area contributed by atoms with Crippen LogP contribution < -0.4 is 5.32 Å². The summed E-state index contributed by atoms with van der Waals surface area (Å²) in [6.07, 6.45) is 6.70. The van der Waals surface area contributed by atoms with Crippen LogP contribution in [0.4, 0.5) is 0 Å². The van der Waals surface area contributed by atoms with Gasteiger partial charge in [-0.15, -0.1) is 0 Å².